The molecule has 0 saturated carbocycles. The second kappa shape index (κ2) is 3.48. The number of esters is 1. The average Bonchev–Trinajstić information content (AvgIpc) is 2.52. The van der Waals surface area contributed by atoms with Crippen LogP contribution in [-0.4, -0.2) is 16.9 Å². The van der Waals surface area contributed by atoms with E-state index in [1.165, 1.54) is 6.92 Å². The van der Waals surface area contributed by atoms with E-state index in [-0.39, 0.29) is 5.57 Å². The van der Waals surface area contributed by atoms with Gasteiger partial charge in [-0.05, 0) is 6.92 Å². The zero-order valence-corrected chi connectivity index (χ0v) is 8.64. The molecule has 1 aromatic rings. The number of ether oxygens (including phenoxy) is 1. The Morgan fingerprint density at radius 2 is 1.88 bits per heavy atom. The lowest BCUT2D eigenvalue weighted by molar-refractivity contribution is -0.150. The quantitative estimate of drug-likeness (QED) is 0.335. The molecule has 1 heterocycles. The van der Waals surface area contributed by atoms with Gasteiger partial charge in [0, 0.05) is 5.56 Å². The summed E-state index contributed by atoms with van der Waals surface area (Å²) in [6.07, 6.45) is 0.499. The van der Waals surface area contributed by atoms with E-state index < -0.39 is 17.4 Å². The van der Waals surface area contributed by atoms with Crippen molar-refractivity contribution in [2.75, 3.05) is 0 Å². The number of ketones is 1. The normalized spacial score (nSPS) is 27.2. The number of hydrogen-bond acceptors (Lipinski definition) is 4. The average molecular weight is 218 g/mol. The van der Waals surface area contributed by atoms with Crippen molar-refractivity contribution in [2.45, 2.75) is 12.5 Å². The first kappa shape index (κ1) is 10.4. The van der Waals surface area contributed by atoms with Gasteiger partial charge in [0.2, 0.25) is 5.78 Å². The fourth-order valence-corrected chi connectivity index (χ4v) is 1.69. The molecule has 1 N–H and O–H groups in total. The number of carbonyl (C=O) groups excluding carboxylic acids is 2. The zero-order valence-electron chi connectivity index (χ0n) is 8.64. The van der Waals surface area contributed by atoms with Crippen molar-refractivity contribution in [2.24, 2.45) is 0 Å². The van der Waals surface area contributed by atoms with Gasteiger partial charge < -0.3 is 9.84 Å². The molecule has 0 amide bonds. The van der Waals surface area contributed by atoms with Gasteiger partial charge in [-0.3, -0.25) is 4.79 Å². The highest BCUT2D eigenvalue weighted by molar-refractivity contribution is 6.24. The molecule has 0 spiro atoms. The summed E-state index contributed by atoms with van der Waals surface area (Å²) in [6.45, 7) is 1.51. The first-order valence-corrected chi connectivity index (χ1v) is 4.77. The standard InChI is InChI=1S/C12H10O4/c1-12(8-5-3-2-4-6-8)10(14)9(7-13)11(15)16-12/h2-7,13H,1H3/b9-7-. The van der Waals surface area contributed by atoms with Crippen LogP contribution in [0.15, 0.2) is 42.2 Å². The maximum atomic E-state index is 11.9. The van der Waals surface area contributed by atoms with E-state index in [1.807, 2.05) is 0 Å². The largest absolute Gasteiger partial charge is 0.515 e. The van der Waals surface area contributed by atoms with Gasteiger partial charge in [0.15, 0.2) is 5.60 Å². The Labute approximate surface area is 92.2 Å². The van der Waals surface area contributed by atoms with Gasteiger partial charge in [-0.25, -0.2) is 4.79 Å². The SMILES string of the molecule is CC1(c2ccccc2)OC(=O)/C(=C\O)C1=O. The van der Waals surface area contributed by atoms with Crippen LogP contribution in [0.25, 0.3) is 0 Å². The third kappa shape index (κ3) is 1.31. The van der Waals surface area contributed by atoms with E-state index in [4.69, 9.17) is 9.84 Å². The molecule has 1 fully saturated rings. The van der Waals surface area contributed by atoms with E-state index in [1.54, 1.807) is 30.3 Å². The fraction of sp³-hybridized carbons (Fsp3) is 0.167. The van der Waals surface area contributed by atoms with Crippen molar-refractivity contribution in [3.63, 3.8) is 0 Å². The van der Waals surface area contributed by atoms with E-state index in [2.05, 4.69) is 0 Å². The summed E-state index contributed by atoms with van der Waals surface area (Å²) in [5.74, 6) is -1.31. The van der Waals surface area contributed by atoms with Crippen molar-refractivity contribution in [1.29, 1.82) is 0 Å². The first-order chi connectivity index (χ1) is 7.59. The summed E-state index contributed by atoms with van der Waals surface area (Å²) >= 11 is 0. The summed E-state index contributed by atoms with van der Waals surface area (Å²) in [5.41, 5.74) is -1.05. The van der Waals surface area contributed by atoms with Gasteiger partial charge in [0.25, 0.3) is 0 Å². The Hall–Kier alpha value is -2.10. The molecule has 1 aliphatic heterocycles. The van der Waals surface area contributed by atoms with Crippen LogP contribution in [0.3, 0.4) is 0 Å². The van der Waals surface area contributed by atoms with Crippen molar-refractivity contribution < 1.29 is 19.4 Å². The molecule has 1 unspecified atom stereocenters. The number of aliphatic hydroxyl groups excluding tert-OH is 1. The molecular formula is C12H10O4. The molecule has 1 aromatic carbocycles. The summed E-state index contributed by atoms with van der Waals surface area (Å²) in [7, 11) is 0. The molecule has 0 aliphatic carbocycles. The monoisotopic (exact) mass is 218 g/mol. The van der Waals surface area contributed by atoms with Crippen LogP contribution in [-0.2, 0) is 19.9 Å². The highest BCUT2D eigenvalue weighted by Crippen LogP contribution is 2.35. The number of benzene rings is 1. The van der Waals surface area contributed by atoms with Crippen LogP contribution in [0.1, 0.15) is 12.5 Å². The second-order valence-electron chi connectivity index (χ2n) is 3.66. The predicted octanol–water partition coefficient (Wildman–Crippen LogP) is 1.47. The molecule has 4 nitrogen and oxygen atoms in total. The Balaban J connectivity index is 2.50. The van der Waals surface area contributed by atoms with Crippen LogP contribution in [0.2, 0.25) is 0 Å². The van der Waals surface area contributed by atoms with Crippen molar-refractivity contribution in [3.8, 4) is 0 Å². The fourth-order valence-electron chi connectivity index (χ4n) is 1.69. The summed E-state index contributed by atoms with van der Waals surface area (Å²) in [4.78, 5) is 23.2. The summed E-state index contributed by atoms with van der Waals surface area (Å²) < 4.78 is 5.03. The lowest BCUT2D eigenvalue weighted by atomic mass is 9.90. The molecule has 1 atom stereocenters. The van der Waals surface area contributed by atoms with Crippen molar-refractivity contribution in [3.05, 3.63) is 47.7 Å². The molecule has 16 heavy (non-hydrogen) atoms. The number of carbonyl (C=O) groups is 2. The minimum Gasteiger partial charge on any atom is -0.515 e. The van der Waals surface area contributed by atoms with Crippen LogP contribution in [0, 0.1) is 0 Å². The van der Waals surface area contributed by atoms with E-state index in [0.29, 0.717) is 11.8 Å². The Morgan fingerprint density at radius 1 is 1.25 bits per heavy atom. The zero-order chi connectivity index (χ0) is 11.8. The van der Waals surface area contributed by atoms with Crippen LogP contribution in [0.5, 0.6) is 0 Å². The molecular weight excluding hydrogens is 208 g/mol. The Bertz CT molecular complexity index is 475. The maximum absolute atomic E-state index is 11.9. The van der Waals surface area contributed by atoms with Gasteiger partial charge in [-0.2, -0.15) is 0 Å². The molecule has 0 radical (unpaired) electrons. The summed E-state index contributed by atoms with van der Waals surface area (Å²) in [6, 6.07) is 8.71. The molecule has 0 bridgehead atoms. The first-order valence-electron chi connectivity index (χ1n) is 4.77. The molecule has 82 valence electrons. The van der Waals surface area contributed by atoms with E-state index >= 15 is 0 Å². The smallest absolute Gasteiger partial charge is 0.346 e. The topological polar surface area (TPSA) is 63.6 Å². The van der Waals surface area contributed by atoms with Crippen LogP contribution >= 0.6 is 0 Å². The number of cyclic esters (lactones) is 1. The summed E-state index contributed by atoms with van der Waals surface area (Å²) in [5, 5.41) is 8.80. The van der Waals surface area contributed by atoms with Crippen molar-refractivity contribution >= 4 is 11.8 Å². The van der Waals surface area contributed by atoms with E-state index in [0.717, 1.165) is 0 Å². The second-order valence-corrected chi connectivity index (χ2v) is 3.66. The lowest BCUT2D eigenvalue weighted by Gasteiger charge is -2.20. The molecule has 2 rings (SSSR count). The van der Waals surface area contributed by atoms with Crippen LogP contribution < -0.4 is 0 Å². The third-order valence-electron chi connectivity index (χ3n) is 2.65. The third-order valence-corrected chi connectivity index (χ3v) is 2.65. The van der Waals surface area contributed by atoms with Gasteiger partial charge in [0.05, 0.1) is 6.26 Å². The minimum atomic E-state index is -1.33. The predicted molar refractivity (Wildman–Crippen MR) is 55.6 cm³/mol. The number of Topliss-reactive ketones (excluding diaryl/α,β-unsaturated/α-hetero) is 1. The highest BCUT2D eigenvalue weighted by atomic mass is 16.6. The molecule has 0 aromatic heterocycles. The van der Waals surface area contributed by atoms with Gasteiger partial charge in [-0.1, -0.05) is 30.3 Å². The number of rotatable bonds is 1. The molecule has 1 saturated heterocycles. The number of aliphatic hydroxyl groups is 1. The van der Waals surface area contributed by atoms with Crippen LogP contribution in [0.4, 0.5) is 0 Å². The minimum absolute atomic E-state index is 0.314. The number of hydrogen-bond donors (Lipinski definition) is 1. The van der Waals surface area contributed by atoms with Crippen molar-refractivity contribution in [1.82, 2.24) is 0 Å². The Kier molecular flexibility index (Phi) is 2.27. The lowest BCUT2D eigenvalue weighted by Crippen LogP contribution is -2.29. The highest BCUT2D eigenvalue weighted by Gasteiger charge is 2.50. The Morgan fingerprint density at radius 3 is 2.38 bits per heavy atom. The van der Waals surface area contributed by atoms with Gasteiger partial charge in [-0.15, -0.1) is 0 Å². The van der Waals surface area contributed by atoms with E-state index in [9.17, 15) is 9.59 Å². The van der Waals surface area contributed by atoms with Gasteiger partial charge >= 0.3 is 5.97 Å². The maximum Gasteiger partial charge on any atom is 0.346 e. The molecule has 4 heteroatoms. The van der Waals surface area contributed by atoms with Gasteiger partial charge in [0.1, 0.15) is 5.57 Å². The molecule has 1 aliphatic rings.